The summed E-state index contributed by atoms with van der Waals surface area (Å²) in [7, 11) is 1.03. The van der Waals surface area contributed by atoms with E-state index in [0.29, 0.717) is 30.0 Å². The predicted molar refractivity (Wildman–Crippen MR) is 163 cm³/mol. The average Bonchev–Trinajstić information content (AvgIpc) is 3.27. The molecule has 4 aliphatic heterocycles. The lowest BCUT2D eigenvalue weighted by Crippen LogP contribution is -2.49. The highest BCUT2D eigenvalue weighted by Gasteiger charge is 2.39. The maximum absolute atomic E-state index is 13.1. The molecule has 2 amide bonds. The molecular formula is C29H43BClN5O2P. The number of unbranched alkanes of at least 4 members (excludes halogenated alkanes) is 1. The van der Waals surface area contributed by atoms with Crippen molar-refractivity contribution in [1.29, 1.82) is 0 Å². The molecule has 1 radical (unpaired) electrons. The average molecular weight is 571 g/mol. The molecule has 7 nitrogen and oxygen atoms in total. The van der Waals surface area contributed by atoms with E-state index in [1.54, 1.807) is 4.90 Å². The first-order chi connectivity index (χ1) is 18.9. The van der Waals surface area contributed by atoms with Gasteiger partial charge < -0.3 is 20.0 Å². The number of benzene rings is 1. The zero-order valence-electron chi connectivity index (χ0n) is 23.4. The molecule has 0 aromatic heterocycles. The van der Waals surface area contributed by atoms with Gasteiger partial charge in [0.25, 0.3) is 5.91 Å². The van der Waals surface area contributed by atoms with E-state index < -0.39 is 6.04 Å². The summed E-state index contributed by atoms with van der Waals surface area (Å²) in [6.07, 6.45) is 8.01. The highest BCUT2D eigenvalue weighted by Crippen LogP contribution is 2.38. The lowest BCUT2D eigenvalue weighted by Gasteiger charge is -2.40. The van der Waals surface area contributed by atoms with E-state index in [-0.39, 0.29) is 11.8 Å². The molecule has 5 rings (SSSR count). The largest absolute Gasteiger partial charge is 0.368 e. The van der Waals surface area contributed by atoms with Crippen molar-refractivity contribution in [3.8, 4) is 0 Å². The molecule has 3 fully saturated rings. The van der Waals surface area contributed by atoms with E-state index in [2.05, 4.69) is 40.4 Å². The van der Waals surface area contributed by atoms with Gasteiger partial charge in [0.15, 0.2) is 0 Å². The summed E-state index contributed by atoms with van der Waals surface area (Å²) in [4.78, 5) is 35.0. The van der Waals surface area contributed by atoms with Crippen LogP contribution in [0.15, 0.2) is 24.4 Å². The third-order valence-electron chi connectivity index (χ3n) is 8.93. The van der Waals surface area contributed by atoms with Crippen LogP contribution < -0.4 is 10.2 Å². The van der Waals surface area contributed by atoms with Gasteiger partial charge in [0.2, 0.25) is 5.91 Å². The quantitative estimate of drug-likeness (QED) is 0.261. The fourth-order valence-corrected chi connectivity index (χ4v) is 7.64. The van der Waals surface area contributed by atoms with Crippen LogP contribution in [0.1, 0.15) is 54.4 Å². The van der Waals surface area contributed by atoms with Gasteiger partial charge in [-0.3, -0.25) is 14.5 Å². The Kier molecular flexibility index (Phi) is 9.92. The molecule has 0 aliphatic carbocycles. The Morgan fingerprint density at radius 2 is 1.82 bits per heavy atom. The Morgan fingerprint density at radius 3 is 2.54 bits per heavy atom. The molecular weight excluding hydrogens is 528 g/mol. The number of likely N-dealkylation sites (tertiary alicyclic amines) is 1. The summed E-state index contributed by atoms with van der Waals surface area (Å²) in [6.45, 7) is 17.7. The number of piperidine rings is 2. The first-order valence-corrected chi connectivity index (χ1v) is 16.4. The number of fused-ring (bicyclic) bond motifs is 1. The molecule has 10 heteroatoms. The number of nitrogens with zero attached hydrogens (tertiary/aromatic N) is 4. The smallest absolute Gasteiger partial charge is 0.255 e. The topological polar surface area (TPSA) is 59.1 Å². The van der Waals surface area contributed by atoms with Crippen LogP contribution in [0, 0.1) is 5.92 Å². The number of carbonyl (C=O) groups is 2. The first-order valence-electron chi connectivity index (χ1n) is 14.8. The molecule has 2 unspecified atom stereocenters. The van der Waals surface area contributed by atoms with E-state index in [0.717, 1.165) is 57.5 Å². The molecule has 3 saturated heterocycles. The molecule has 4 heterocycles. The number of amides is 2. The molecule has 0 bridgehead atoms. The number of allylic oxidation sites excluding steroid dienone is 1. The normalized spacial score (nSPS) is 23.6. The van der Waals surface area contributed by atoms with Gasteiger partial charge in [-0.1, -0.05) is 25.0 Å². The Bertz CT molecular complexity index is 1060. The number of carbonyl (C=O) groups excluding carboxylic acids is 2. The van der Waals surface area contributed by atoms with Gasteiger partial charge in [0.1, 0.15) is 13.0 Å². The first kappa shape index (κ1) is 28.9. The predicted octanol–water partition coefficient (Wildman–Crippen LogP) is 4.05. The van der Waals surface area contributed by atoms with E-state index in [4.69, 9.17) is 11.6 Å². The van der Waals surface area contributed by atoms with Gasteiger partial charge in [0.05, 0.1) is 10.7 Å². The second-order valence-corrected chi connectivity index (χ2v) is 13.4. The zero-order valence-corrected chi connectivity index (χ0v) is 25.1. The Labute approximate surface area is 241 Å². The summed E-state index contributed by atoms with van der Waals surface area (Å²) in [5, 5.41) is 3.47. The van der Waals surface area contributed by atoms with Crippen molar-refractivity contribution >= 4 is 44.6 Å². The maximum Gasteiger partial charge on any atom is 0.255 e. The SMILES string of the molecule is C=C1CCC(N2Cc3c(ccc(N4CCN(CC5CCN(CCCCP[B]C)CC5)CC4)c3Cl)C2=O)C(=O)N1. The van der Waals surface area contributed by atoms with Crippen LogP contribution in [-0.2, 0) is 11.3 Å². The summed E-state index contributed by atoms with van der Waals surface area (Å²) in [5.41, 5.74) is 3.22. The highest BCUT2D eigenvalue weighted by atomic mass is 35.5. The van der Waals surface area contributed by atoms with Gasteiger partial charge >= 0.3 is 0 Å². The van der Waals surface area contributed by atoms with Crippen LogP contribution in [0.5, 0.6) is 0 Å². The van der Waals surface area contributed by atoms with E-state index in [1.807, 2.05) is 12.1 Å². The van der Waals surface area contributed by atoms with Crippen molar-refractivity contribution in [2.75, 3.05) is 63.4 Å². The summed E-state index contributed by atoms with van der Waals surface area (Å²) >= 11 is 6.93. The highest BCUT2D eigenvalue weighted by molar-refractivity contribution is 7.70. The standard InChI is InChI=1S/C29H43BClN5O2P/c1-21-5-7-26(28(37)32-21)36-20-24-23(29(36)38)6-8-25(27(24)31)35-16-14-34(15-17-35)19-22-9-12-33(13-10-22)11-3-4-18-39-30-2/h6,8,22,26,39H,1,3-5,7,9-20H2,2H3,(H,32,37). The number of hydrogen-bond acceptors (Lipinski definition) is 5. The monoisotopic (exact) mass is 570 g/mol. The third-order valence-corrected chi connectivity index (χ3v) is 10.4. The van der Waals surface area contributed by atoms with Gasteiger partial charge in [-0.25, -0.2) is 0 Å². The second kappa shape index (κ2) is 13.4. The summed E-state index contributed by atoms with van der Waals surface area (Å²) < 4.78 is 0. The summed E-state index contributed by atoms with van der Waals surface area (Å²) in [6, 6.07) is 3.44. The van der Waals surface area contributed by atoms with Crippen molar-refractivity contribution in [3.63, 3.8) is 0 Å². The molecule has 0 spiro atoms. The molecule has 1 N–H and O–H groups in total. The number of halogens is 1. The number of hydrogen-bond donors (Lipinski definition) is 1. The molecule has 1 aromatic rings. The fourth-order valence-electron chi connectivity index (χ4n) is 6.55. The number of anilines is 1. The van der Waals surface area contributed by atoms with Crippen LogP contribution in [0.25, 0.3) is 0 Å². The molecule has 4 aliphatic rings. The van der Waals surface area contributed by atoms with Crippen molar-refractivity contribution in [2.24, 2.45) is 5.92 Å². The van der Waals surface area contributed by atoms with Gasteiger partial charge in [0, 0.05) is 56.1 Å². The van der Waals surface area contributed by atoms with Gasteiger partial charge in [-0.05, 0) is 82.4 Å². The van der Waals surface area contributed by atoms with Crippen molar-refractivity contribution in [3.05, 3.63) is 40.6 Å². The van der Waals surface area contributed by atoms with Gasteiger partial charge in [-0.15, -0.1) is 0 Å². The fraction of sp³-hybridized carbons (Fsp3) is 0.655. The Balaban J connectivity index is 1.09. The minimum absolute atomic E-state index is 0.0996. The Hall–Kier alpha value is -1.60. The van der Waals surface area contributed by atoms with Crippen LogP contribution in [-0.4, -0.2) is 98.1 Å². The zero-order chi connectivity index (χ0) is 27.4. The number of rotatable bonds is 10. The lowest BCUT2D eigenvalue weighted by molar-refractivity contribution is -0.126. The van der Waals surface area contributed by atoms with Crippen molar-refractivity contribution in [2.45, 2.75) is 57.9 Å². The van der Waals surface area contributed by atoms with Crippen LogP contribution in [0.2, 0.25) is 11.8 Å². The van der Waals surface area contributed by atoms with Crippen molar-refractivity contribution in [1.82, 2.24) is 20.0 Å². The maximum atomic E-state index is 13.1. The minimum atomic E-state index is -0.463. The minimum Gasteiger partial charge on any atom is -0.368 e. The van der Waals surface area contributed by atoms with Gasteiger partial charge in [-0.2, -0.15) is 8.46 Å². The lowest BCUT2D eigenvalue weighted by atomic mass is 9.95. The van der Waals surface area contributed by atoms with Crippen LogP contribution >= 0.6 is 20.1 Å². The molecule has 39 heavy (non-hydrogen) atoms. The van der Waals surface area contributed by atoms with E-state index >= 15 is 0 Å². The molecule has 211 valence electrons. The van der Waals surface area contributed by atoms with E-state index in [1.165, 1.54) is 58.0 Å². The molecule has 2 atom stereocenters. The number of nitrogens with one attached hydrogen (secondary N) is 1. The molecule has 1 aromatic carbocycles. The van der Waals surface area contributed by atoms with E-state index in [9.17, 15) is 9.59 Å². The summed E-state index contributed by atoms with van der Waals surface area (Å²) in [5.74, 6) is 0.559. The van der Waals surface area contributed by atoms with Crippen LogP contribution in [0.4, 0.5) is 5.69 Å². The number of piperazine rings is 1. The second-order valence-electron chi connectivity index (χ2n) is 11.5. The molecule has 0 saturated carbocycles. The van der Waals surface area contributed by atoms with Crippen LogP contribution in [0.3, 0.4) is 0 Å². The third kappa shape index (κ3) is 6.83. The Morgan fingerprint density at radius 1 is 1.05 bits per heavy atom. The van der Waals surface area contributed by atoms with Crippen molar-refractivity contribution < 1.29 is 9.59 Å².